The molecule has 3 rings (SSSR count). The number of aliphatic hydroxyl groups is 2. The molecule has 0 bridgehead atoms. The van der Waals surface area contributed by atoms with E-state index in [-0.39, 0.29) is 17.7 Å². The Morgan fingerprint density at radius 2 is 2.32 bits per heavy atom. The maximum Gasteiger partial charge on any atom is 0.226 e. The summed E-state index contributed by atoms with van der Waals surface area (Å²) >= 11 is 5.71. The monoisotopic (exact) mass is 285 g/mol. The van der Waals surface area contributed by atoms with Crippen LogP contribution in [0, 0.1) is 0 Å². The summed E-state index contributed by atoms with van der Waals surface area (Å²) in [6, 6.07) is 0. The topological polar surface area (TPSA) is 119 Å². The van der Waals surface area contributed by atoms with Crippen LogP contribution in [-0.2, 0) is 4.74 Å². The zero-order chi connectivity index (χ0) is 13.6. The molecule has 1 aliphatic heterocycles. The van der Waals surface area contributed by atoms with Gasteiger partial charge in [0.1, 0.15) is 17.8 Å². The van der Waals surface area contributed by atoms with Gasteiger partial charge in [-0.15, -0.1) is 0 Å². The molecule has 0 aromatic carbocycles. The van der Waals surface area contributed by atoms with Crippen molar-refractivity contribution in [2.45, 2.75) is 24.9 Å². The van der Waals surface area contributed by atoms with Gasteiger partial charge < -0.3 is 20.7 Å². The quantitative estimate of drug-likeness (QED) is 0.648. The van der Waals surface area contributed by atoms with Gasteiger partial charge in [-0.1, -0.05) is 0 Å². The highest BCUT2D eigenvalue weighted by atomic mass is 35.5. The minimum Gasteiger partial charge on any atom is -0.394 e. The van der Waals surface area contributed by atoms with Crippen LogP contribution in [0.25, 0.3) is 11.2 Å². The summed E-state index contributed by atoms with van der Waals surface area (Å²) in [6.07, 6.45) is 0.0186. The number of nitrogens with zero attached hydrogens (tertiary/aromatic N) is 4. The molecule has 0 saturated carbocycles. The van der Waals surface area contributed by atoms with Gasteiger partial charge >= 0.3 is 0 Å². The lowest BCUT2D eigenvalue weighted by Gasteiger charge is -2.14. The molecule has 1 aliphatic rings. The molecule has 0 unspecified atom stereocenters. The molecule has 3 atom stereocenters. The number of nitrogen functional groups attached to an aromatic ring is 1. The highest BCUT2D eigenvalue weighted by Crippen LogP contribution is 2.32. The van der Waals surface area contributed by atoms with Gasteiger partial charge in [-0.25, -0.2) is 4.98 Å². The van der Waals surface area contributed by atoms with Gasteiger partial charge in [0.15, 0.2) is 11.5 Å². The molecular weight excluding hydrogens is 274 g/mol. The third kappa shape index (κ3) is 2.02. The molecule has 2 aromatic heterocycles. The van der Waals surface area contributed by atoms with E-state index in [1.54, 1.807) is 4.57 Å². The van der Waals surface area contributed by atoms with Gasteiger partial charge in [0.25, 0.3) is 0 Å². The zero-order valence-electron chi connectivity index (χ0n) is 9.77. The fraction of sp³-hybridized carbons (Fsp3) is 0.500. The standard InChI is InChI=1S/C10H12ClN5O3/c11-10-14-8(12)7-9(15-10)13-3-16(7)6-1-4(18)5(2-17)19-6/h3-6,17-18H,1-2H2,(H2,12,14,15)/t4-,5+,6-/m0/s1. The van der Waals surface area contributed by atoms with Crippen LogP contribution < -0.4 is 5.73 Å². The fourth-order valence-corrected chi connectivity index (χ4v) is 2.38. The molecule has 2 aromatic rings. The average Bonchev–Trinajstić information content (AvgIpc) is 2.92. The van der Waals surface area contributed by atoms with E-state index in [0.29, 0.717) is 17.6 Å². The van der Waals surface area contributed by atoms with Crippen LogP contribution in [0.4, 0.5) is 5.82 Å². The molecule has 0 aliphatic carbocycles. The second kappa shape index (κ2) is 4.57. The number of aromatic nitrogens is 4. The minimum absolute atomic E-state index is 0.0239. The molecule has 0 spiro atoms. The predicted octanol–water partition coefficient (Wildman–Crippen LogP) is -0.297. The van der Waals surface area contributed by atoms with Crippen LogP contribution in [0.5, 0.6) is 0 Å². The van der Waals surface area contributed by atoms with Gasteiger partial charge in [-0.05, 0) is 11.6 Å². The number of nitrogens with two attached hydrogens (primary N) is 1. The lowest BCUT2D eigenvalue weighted by Crippen LogP contribution is -2.24. The molecule has 3 heterocycles. The van der Waals surface area contributed by atoms with Crippen molar-refractivity contribution in [3.63, 3.8) is 0 Å². The third-order valence-corrected chi connectivity index (χ3v) is 3.29. The molecular formula is C10H12ClN5O3. The number of fused-ring (bicyclic) bond motifs is 1. The van der Waals surface area contributed by atoms with Crippen LogP contribution >= 0.6 is 11.6 Å². The van der Waals surface area contributed by atoms with Gasteiger partial charge in [0.2, 0.25) is 5.28 Å². The van der Waals surface area contributed by atoms with Crippen molar-refractivity contribution in [3.05, 3.63) is 11.6 Å². The summed E-state index contributed by atoms with van der Waals surface area (Å²) in [5.74, 6) is 0.193. The Bertz CT molecular complexity index is 618. The number of anilines is 1. The van der Waals surface area contributed by atoms with Crippen LogP contribution in [0.15, 0.2) is 6.33 Å². The van der Waals surface area contributed by atoms with Crippen molar-refractivity contribution >= 4 is 28.6 Å². The summed E-state index contributed by atoms with van der Waals surface area (Å²) in [7, 11) is 0. The molecule has 19 heavy (non-hydrogen) atoms. The van der Waals surface area contributed by atoms with E-state index >= 15 is 0 Å². The van der Waals surface area contributed by atoms with E-state index in [0.717, 1.165) is 0 Å². The van der Waals surface area contributed by atoms with Crippen LogP contribution in [0.3, 0.4) is 0 Å². The molecule has 102 valence electrons. The van der Waals surface area contributed by atoms with E-state index in [2.05, 4.69) is 15.0 Å². The first-order valence-corrected chi connectivity index (χ1v) is 6.08. The summed E-state index contributed by atoms with van der Waals surface area (Å²) in [6.45, 7) is -0.248. The Morgan fingerprint density at radius 1 is 1.53 bits per heavy atom. The van der Waals surface area contributed by atoms with E-state index in [9.17, 15) is 5.11 Å². The number of hydrogen-bond acceptors (Lipinski definition) is 7. The number of rotatable bonds is 2. The van der Waals surface area contributed by atoms with Crippen molar-refractivity contribution in [3.8, 4) is 0 Å². The summed E-state index contributed by atoms with van der Waals surface area (Å²) in [4.78, 5) is 11.9. The van der Waals surface area contributed by atoms with Gasteiger partial charge in [0, 0.05) is 6.42 Å². The van der Waals surface area contributed by atoms with Crippen LogP contribution in [-0.4, -0.2) is 48.5 Å². The smallest absolute Gasteiger partial charge is 0.226 e. The molecule has 1 fully saturated rings. The van der Waals surface area contributed by atoms with Crippen LogP contribution in [0.2, 0.25) is 5.28 Å². The number of imidazole rings is 1. The Hall–Kier alpha value is -1.48. The van der Waals surface area contributed by atoms with Crippen molar-refractivity contribution in [1.82, 2.24) is 19.5 Å². The Kier molecular flexibility index (Phi) is 3.02. The second-order valence-corrected chi connectivity index (χ2v) is 4.65. The van der Waals surface area contributed by atoms with Crippen molar-refractivity contribution in [2.24, 2.45) is 0 Å². The summed E-state index contributed by atoms with van der Waals surface area (Å²) < 4.78 is 7.18. The highest BCUT2D eigenvalue weighted by Gasteiger charge is 2.35. The second-order valence-electron chi connectivity index (χ2n) is 4.32. The molecule has 8 nitrogen and oxygen atoms in total. The zero-order valence-corrected chi connectivity index (χ0v) is 10.5. The lowest BCUT2D eigenvalue weighted by atomic mass is 10.2. The highest BCUT2D eigenvalue weighted by molar-refractivity contribution is 6.28. The molecule has 1 saturated heterocycles. The SMILES string of the molecule is Nc1nc(Cl)nc2ncn([C@@H]3C[C@H](O)[C@@H](CO)O3)c12. The van der Waals surface area contributed by atoms with E-state index in [1.165, 1.54) is 6.33 Å². The Morgan fingerprint density at radius 3 is 3.00 bits per heavy atom. The molecule has 4 N–H and O–H groups in total. The van der Waals surface area contributed by atoms with Gasteiger partial charge in [0.05, 0.1) is 19.0 Å². The van der Waals surface area contributed by atoms with Crippen molar-refractivity contribution in [2.75, 3.05) is 12.3 Å². The maximum atomic E-state index is 9.74. The Balaban J connectivity index is 2.03. The van der Waals surface area contributed by atoms with Gasteiger partial charge in [-0.3, -0.25) is 4.57 Å². The normalized spacial score (nSPS) is 27.2. The molecule has 0 radical (unpaired) electrons. The van der Waals surface area contributed by atoms with E-state index < -0.39 is 18.4 Å². The number of aliphatic hydroxyl groups excluding tert-OH is 2. The summed E-state index contributed by atoms with van der Waals surface area (Å²) in [5.41, 5.74) is 6.67. The molecule has 0 amide bonds. The largest absolute Gasteiger partial charge is 0.394 e. The first-order valence-electron chi connectivity index (χ1n) is 5.70. The summed E-state index contributed by atoms with van der Waals surface area (Å²) in [5, 5.41) is 18.8. The predicted molar refractivity (Wildman–Crippen MR) is 66.4 cm³/mol. The number of ether oxygens (including phenoxy) is 1. The molecule has 9 heteroatoms. The lowest BCUT2D eigenvalue weighted by molar-refractivity contribution is -0.0430. The van der Waals surface area contributed by atoms with Crippen molar-refractivity contribution in [1.29, 1.82) is 0 Å². The van der Waals surface area contributed by atoms with Crippen LogP contribution in [0.1, 0.15) is 12.6 Å². The first kappa shape index (κ1) is 12.5. The first-order chi connectivity index (χ1) is 9.10. The van der Waals surface area contributed by atoms with Gasteiger partial charge in [-0.2, -0.15) is 9.97 Å². The third-order valence-electron chi connectivity index (χ3n) is 3.12. The number of hydrogen-bond donors (Lipinski definition) is 3. The maximum absolute atomic E-state index is 9.74. The van der Waals surface area contributed by atoms with E-state index in [4.69, 9.17) is 27.2 Å². The minimum atomic E-state index is -0.734. The fourth-order valence-electron chi connectivity index (χ4n) is 2.21. The van der Waals surface area contributed by atoms with Crippen molar-refractivity contribution < 1.29 is 14.9 Å². The van der Waals surface area contributed by atoms with E-state index in [1.807, 2.05) is 0 Å². The number of halogens is 1. The Labute approximate surface area is 112 Å². The average molecular weight is 286 g/mol.